The summed E-state index contributed by atoms with van der Waals surface area (Å²) in [6, 6.07) is 2.99. The van der Waals surface area contributed by atoms with Crippen LogP contribution >= 0.6 is 23.2 Å². The molecule has 0 amide bonds. The van der Waals surface area contributed by atoms with Crippen LogP contribution in [0.1, 0.15) is 12.5 Å². The van der Waals surface area contributed by atoms with Crippen molar-refractivity contribution >= 4 is 33.2 Å². The van der Waals surface area contributed by atoms with Crippen molar-refractivity contribution in [1.29, 1.82) is 0 Å². The maximum absolute atomic E-state index is 11.7. The van der Waals surface area contributed by atoms with Gasteiger partial charge in [0.1, 0.15) is 4.90 Å². The fourth-order valence-electron chi connectivity index (χ4n) is 1.31. The lowest BCUT2D eigenvalue weighted by molar-refractivity contribution is 0.588. The molecule has 0 heterocycles. The molecule has 4 nitrogen and oxygen atoms in total. The van der Waals surface area contributed by atoms with Gasteiger partial charge in [-0.3, -0.25) is 0 Å². The van der Waals surface area contributed by atoms with Gasteiger partial charge in [0.2, 0.25) is 10.0 Å². The zero-order chi connectivity index (χ0) is 13.1. The van der Waals surface area contributed by atoms with E-state index in [1.54, 1.807) is 6.07 Å². The Morgan fingerprint density at radius 1 is 1.29 bits per heavy atom. The van der Waals surface area contributed by atoms with Crippen molar-refractivity contribution in [2.75, 3.05) is 13.6 Å². The molecule has 2 N–H and O–H groups in total. The Bertz CT molecular complexity index is 503. The number of hydrogen-bond acceptors (Lipinski definition) is 3. The van der Waals surface area contributed by atoms with Crippen LogP contribution in [0.15, 0.2) is 17.0 Å². The number of nitrogens with one attached hydrogen (secondary N) is 2. The van der Waals surface area contributed by atoms with E-state index >= 15 is 0 Å². The van der Waals surface area contributed by atoms with E-state index in [0.717, 1.165) is 6.54 Å². The predicted molar refractivity (Wildman–Crippen MR) is 70.1 cm³/mol. The third-order valence-electron chi connectivity index (χ3n) is 2.20. The summed E-state index contributed by atoms with van der Waals surface area (Å²) in [6.07, 6.45) is 0. The second-order valence-corrected chi connectivity index (χ2v) is 6.03. The molecule has 0 bridgehead atoms. The highest BCUT2D eigenvalue weighted by molar-refractivity contribution is 7.89. The van der Waals surface area contributed by atoms with Crippen LogP contribution in [-0.4, -0.2) is 22.0 Å². The monoisotopic (exact) mass is 296 g/mol. The Balaban J connectivity index is 3.28. The molecular weight excluding hydrogens is 283 g/mol. The molecule has 0 saturated carbocycles. The fraction of sp³-hybridized carbons (Fsp3) is 0.400. The first-order chi connectivity index (χ1) is 7.92. The molecule has 0 aliphatic heterocycles. The molecule has 0 spiro atoms. The first-order valence-electron chi connectivity index (χ1n) is 5.04. The summed E-state index contributed by atoms with van der Waals surface area (Å²) >= 11 is 11.9. The van der Waals surface area contributed by atoms with Gasteiger partial charge >= 0.3 is 0 Å². The quantitative estimate of drug-likeness (QED) is 0.874. The minimum atomic E-state index is -3.59. The summed E-state index contributed by atoms with van der Waals surface area (Å²) in [7, 11) is -2.26. The van der Waals surface area contributed by atoms with Crippen LogP contribution in [0.2, 0.25) is 10.0 Å². The van der Waals surface area contributed by atoms with Gasteiger partial charge in [0, 0.05) is 11.6 Å². The highest BCUT2D eigenvalue weighted by Crippen LogP contribution is 2.29. The number of halogens is 2. The lowest BCUT2D eigenvalue weighted by atomic mass is 10.2. The lowest BCUT2D eigenvalue weighted by Crippen LogP contribution is -2.20. The smallest absolute Gasteiger partial charge is 0.241 e. The average molecular weight is 297 g/mol. The Morgan fingerprint density at radius 3 is 2.47 bits per heavy atom. The molecule has 1 aromatic carbocycles. The average Bonchev–Trinajstić information content (AvgIpc) is 2.29. The van der Waals surface area contributed by atoms with E-state index in [1.807, 2.05) is 6.92 Å². The maximum atomic E-state index is 11.7. The summed E-state index contributed by atoms with van der Waals surface area (Å²) in [5, 5.41) is 3.61. The molecule has 0 radical (unpaired) electrons. The van der Waals surface area contributed by atoms with E-state index in [0.29, 0.717) is 17.1 Å². The van der Waals surface area contributed by atoms with E-state index in [1.165, 1.54) is 13.1 Å². The highest BCUT2D eigenvalue weighted by Gasteiger charge is 2.19. The highest BCUT2D eigenvalue weighted by atomic mass is 35.5. The van der Waals surface area contributed by atoms with Crippen molar-refractivity contribution in [3.05, 3.63) is 27.7 Å². The van der Waals surface area contributed by atoms with Crippen LogP contribution in [0.25, 0.3) is 0 Å². The Labute approximate surface area is 111 Å². The third kappa shape index (κ3) is 3.56. The molecule has 0 aliphatic rings. The molecule has 0 aliphatic carbocycles. The molecule has 1 rings (SSSR count). The van der Waals surface area contributed by atoms with Gasteiger partial charge in [0.15, 0.2) is 0 Å². The van der Waals surface area contributed by atoms with Gasteiger partial charge < -0.3 is 5.32 Å². The van der Waals surface area contributed by atoms with Gasteiger partial charge in [-0.25, -0.2) is 13.1 Å². The van der Waals surface area contributed by atoms with Crippen molar-refractivity contribution in [3.8, 4) is 0 Å². The van der Waals surface area contributed by atoms with E-state index in [-0.39, 0.29) is 9.92 Å². The summed E-state index contributed by atoms with van der Waals surface area (Å²) < 4.78 is 25.7. The summed E-state index contributed by atoms with van der Waals surface area (Å²) in [6.45, 7) is 3.18. The second kappa shape index (κ2) is 6.02. The van der Waals surface area contributed by atoms with Crippen molar-refractivity contribution < 1.29 is 8.42 Å². The van der Waals surface area contributed by atoms with Crippen molar-refractivity contribution in [2.24, 2.45) is 0 Å². The Kier molecular flexibility index (Phi) is 5.22. The Hall–Kier alpha value is -0.330. The fourth-order valence-corrected chi connectivity index (χ4v) is 2.97. The largest absolute Gasteiger partial charge is 0.313 e. The molecule has 0 aromatic heterocycles. The van der Waals surface area contributed by atoms with E-state index in [2.05, 4.69) is 10.0 Å². The lowest BCUT2D eigenvalue weighted by Gasteiger charge is -2.11. The van der Waals surface area contributed by atoms with E-state index < -0.39 is 10.0 Å². The van der Waals surface area contributed by atoms with Crippen LogP contribution in [0.3, 0.4) is 0 Å². The second-order valence-electron chi connectivity index (χ2n) is 3.36. The summed E-state index contributed by atoms with van der Waals surface area (Å²) in [5.74, 6) is 0. The molecule has 7 heteroatoms. The van der Waals surface area contributed by atoms with Crippen molar-refractivity contribution in [1.82, 2.24) is 10.0 Å². The molecule has 1 aromatic rings. The van der Waals surface area contributed by atoms with Crippen LogP contribution in [0.4, 0.5) is 0 Å². The van der Waals surface area contributed by atoms with Crippen LogP contribution in [0, 0.1) is 0 Å². The number of hydrogen-bond donors (Lipinski definition) is 2. The van der Waals surface area contributed by atoms with Crippen LogP contribution in [0.5, 0.6) is 0 Å². The summed E-state index contributed by atoms with van der Waals surface area (Å²) in [4.78, 5) is 0.00192. The van der Waals surface area contributed by atoms with Gasteiger partial charge in [-0.15, -0.1) is 0 Å². The molecular formula is C10H14Cl2N2O2S. The predicted octanol–water partition coefficient (Wildman–Crippen LogP) is 2.01. The topological polar surface area (TPSA) is 58.2 Å². The van der Waals surface area contributed by atoms with Crippen molar-refractivity contribution in [2.45, 2.75) is 18.4 Å². The van der Waals surface area contributed by atoms with Gasteiger partial charge in [-0.1, -0.05) is 30.1 Å². The third-order valence-corrected chi connectivity index (χ3v) is 4.42. The van der Waals surface area contributed by atoms with Crippen molar-refractivity contribution in [3.63, 3.8) is 0 Å². The molecule has 96 valence electrons. The van der Waals surface area contributed by atoms with E-state index in [4.69, 9.17) is 23.2 Å². The van der Waals surface area contributed by atoms with Gasteiger partial charge in [0.25, 0.3) is 0 Å². The number of sulfonamides is 1. The molecule has 0 atom stereocenters. The zero-order valence-corrected chi connectivity index (χ0v) is 11.9. The zero-order valence-electron chi connectivity index (χ0n) is 9.55. The summed E-state index contributed by atoms with van der Waals surface area (Å²) in [5.41, 5.74) is 0.662. The number of rotatable bonds is 5. The standard InChI is InChI=1S/C10H14Cl2N2O2S/c1-3-14-6-7-4-8(11)5-9(10(7)12)17(15,16)13-2/h4-5,13-14H,3,6H2,1-2H3. The molecule has 17 heavy (non-hydrogen) atoms. The normalized spacial score (nSPS) is 11.8. The van der Waals surface area contributed by atoms with Crippen LogP contribution < -0.4 is 10.0 Å². The Morgan fingerprint density at radius 2 is 1.94 bits per heavy atom. The van der Waals surface area contributed by atoms with Gasteiger partial charge in [-0.2, -0.15) is 0 Å². The molecule has 0 fully saturated rings. The van der Waals surface area contributed by atoms with Gasteiger partial charge in [0.05, 0.1) is 5.02 Å². The minimum absolute atomic E-state index is 0.00192. The molecule has 0 unspecified atom stereocenters. The van der Waals surface area contributed by atoms with E-state index in [9.17, 15) is 8.42 Å². The number of benzene rings is 1. The minimum Gasteiger partial charge on any atom is -0.313 e. The molecule has 0 saturated heterocycles. The first kappa shape index (κ1) is 14.7. The maximum Gasteiger partial charge on any atom is 0.241 e. The van der Waals surface area contributed by atoms with Gasteiger partial charge in [-0.05, 0) is 31.3 Å². The SMILES string of the molecule is CCNCc1cc(Cl)cc(S(=O)(=O)NC)c1Cl. The van der Waals surface area contributed by atoms with Crippen LogP contribution in [-0.2, 0) is 16.6 Å². The first-order valence-corrected chi connectivity index (χ1v) is 7.28.